The summed E-state index contributed by atoms with van der Waals surface area (Å²) in [5.74, 6) is -1.67. The van der Waals surface area contributed by atoms with Crippen molar-refractivity contribution in [2.45, 2.75) is 31.7 Å². The molecule has 0 saturated heterocycles. The molecule has 0 spiro atoms. The van der Waals surface area contributed by atoms with E-state index in [1.807, 2.05) is 4.72 Å². The number of anilines is 1. The van der Waals surface area contributed by atoms with Gasteiger partial charge >= 0.3 is 5.97 Å². The van der Waals surface area contributed by atoms with Crippen LogP contribution < -0.4 is 10.5 Å². The Bertz CT molecular complexity index is 616. The van der Waals surface area contributed by atoms with Gasteiger partial charge in [0, 0.05) is 5.69 Å². The zero-order valence-corrected chi connectivity index (χ0v) is 12.3. The number of hydrogen-bond donors (Lipinski definition) is 2. The fourth-order valence-electron chi connectivity index (χ4n) is 1.49. The number of aryl methyl sites for hydroxylation is 1. The maximum Gasteiger partial charge on any atom is 0.323 e. The molecular formula is C12H17FN2O4S. The van der Waals surface area contributed by atoms with Crippen LogP contribution in [-0.4, -0.2) is 27.0 Å². The summed E-state index contributed by atoms with van der Waals surface area (Å²) in [5.41, 5.74) is 6.15. The first-order valence-electron chi connectivity index (χ1n) is 5.93. The minimum Gasteiger partial charge on any atom is -0.465 e. The van der Waals surface area contributed by atoms with E-state index >= 15 is 0 Å². The molecule has 0 heterocycles. The Balaban J connectivity index is 3.06. The molecule has 112 valence electrons. The average molecular weight is 304 g/mol. The standard InChI is InChI=1S/C12H17FN2O4S/c1-4-19-12(16)8(3)15-20(17,18)11-6-10(14)7(2)5-9(11)13/h5-6,8,15H,4,14H2,1-3H3. The van der Waals surface area contributed by atoms with E-state index < -0.39 is 32.7 Å². The number of esters is 1. The Morgan fingerprint density at radius 3 is 2.65 bits per heavy atom. The van der Waals surface area contributed by atoms with Crippen molar-refractivity contribution in [3.8, 4) is 0 Å². The summed E-state index contributed by atoms with van der Waals surface area (Å²) in [5, 5.41) is 0. The number of halogens is 1. The molecule has 0 fully saturated rings. The normalized spacial score (nSPS) is 13.0. The van der Waals surface area contributed by atoms with Gasteiger partial charge in [0.25, 0.3) is 0 Å². The van der Waals surface area contributed by atoms with E-state index in [0.29, 0.717) is 5.56 Å². The van der Waals surface area contributed by atoms with Gasteiger partial charge in [0.1, 0.15) is 16.8 Å². The van der Waals surface area contributed by atoms with E-state index in [1.54, 1.807) is 13.8 Å². The Morgan fingerprint density at radius 2 is 2.10 bits per heavy atom. The first kappa shape index (κ1) is 16.4. The number of benzene rings is 1. The molecule has 0 amide bonds. The number of nitrogens with one attached hydrogen (secondary N) is 1. The third-order valence-electron chi connectivity index (χ3n) is 2.58. The third-order valence-corrected chi connectivity index (χ3v) is 4.14. The van der Waals surface area contributed by atoms with Crippen molar-refractivity contribution in [1.29, 1.82) is 0 Å². The van der Waals surface area contributed by atoms with Crippen molar-refractivity contribution < 1.29 is 22.3 Å². The number of nitrogen functional groups attached to an aromatic ring is 1. The number of carbonyl (C=O) groups excluding carboxylic acids is 1. The van der Waals surface area contributed by atoms with Gasteiger partial charge in [-0.15, -0.1) is 0 Å². The van der Waals surface area contributed by atoms with Crippen molar-refractivity contribution in [2.24, 2.45) is 0 Å². The lowest BCUT2D eigenvalue weighted by molar-refractivity contribution is -0.144. The fraction of sp³-hybridized carbons (Fsp3) is 0.417. The van der Waals surface area contributed by atoms with Crippen LogP contribution in [0.4, 0.5) is 10.1 Å². The molecule has 1 aromatic rings. The van der Waals surface area contributed by atoms with Crippen molar-refractivity contribution in [3.05, 3.63) is 23.5 Å². The van der Waals surface area contributed by atoms with Gasteiger partial charge < -0.3 is 10.5 Å². The molecule has 0 aromatic heterocycles. The topological polar surface area (TPSA) is 98.5 Å². The smallest absolute Gasteiger partial charge is 0.323 e. The molecule has 8 heteroatoms. The Morgan fingerprint density at radius 1 is 1.50 bits per heavy atom. The molecule has 0 bridgehead atoms. The van der Waals surface area contributed by atoms with Gasteiger partial charge in [-0.05, 0) is 38.5 Å². The van der Waals surface area contributed by atoms with Gasteiger partial charge in [-0.25, -0.2) is 12.8 Å². The van der Waals surface area contributed by atoms with Crippen molar-refractivity contribution in [2.75, 3.05) is 12.3 Å². The number of carbonyl (C=O) groups is 1. The van der Waals surface area contributed by atoms with Crippen LogP contribution in [0.2, 0.25) is 0 Å². The van der Waals surface area contributed by atoms with Gasteiger partial charge in [-0.3, -0.25) is 4.79 Å². The molecule has 1 unspecified atom stereocenters. The molecular weight excluding hydrogens is 287 g/mol. The van der Waals surface area contributed by atoms with Crippen molar-refractivity contribution in [3.63, 3.8) is 0 Å². The molecule has 1 atom stereocenters. The van der Waals surface area contributed by atoms with Gasteiger partial charge in [0.2, 0.25) is 10.0 Å². The summed E-state index contributed by atoms with van der Waals surface area (Å²) in [6.45, 7) is 4.59. The summed E-state index contributed by atoms with van der Waals surface area (Å²) in [4.78, 5) is 10.8. The second-order valence-electron chi connectivity index (χ2n) is 4.23. The summed E-state index contributed by atoms with van der Waals surface area (Å²) < 4.78 is 44.5. The van der Waals surface area contributed by atoms with Crippen LogP contribution >= 0.6 is 0 Å². The molecule has 0 saturated carbocycles. The zero-order chi connectivity index (χ0) is 15.5. The number of rotatable bonds is 5. The second kappa shape index (κ2) is 6.19. The van der Waals surface area contributed by atoms with E-state index in [0.717, 1.165) is 12.1 Å². The monoisotopic (exact) mass is 304 g/mol. The molecule has 1 rings (SSSR count). The van der Waals surface area contributed by atoms with Crippen LogP contribution in [0.1, 0.15) is 19.4 Å². The largest absolute Gasteiger partial charge is 0.465 e. The molecule has 20 heavy (non-hydrogen) atoms. The number of hydrogen-bond acceptors (Lipinski definition) is 5. The predicted molar refractivity (Wildman–Crippen MR) is 72.0 cm³/mol. The molecule has 6 nitrogen and oxygen atoms in total. The molecule has 0 radical (unpaired) electrons. The lowest BCUT2D eigenvalue weighted by Gasteiger charge is -2.14. The van der Waals surface area contributed by atoms with E-state index in [9.17, 15) is 17.6 Å². The van der Waals surface area contributed by atoms with E-state index in [2.05, 4.69) is 4.74 Å². The molecule has 0 aliphatic heterocycles. The number of ether oxygens (including phenoxy) is 1. The summed E-state index contributed by atoms with van der Waals surface area (Å²) >= 11 is 0. The summed E-state index contributed by atoms with van der Waals surface area (Å²) in [6, 6.07) is 0.922. The summed E-state index contributed by atoms with van der Waals surface area (Å²) in [6.07, 6.45) is 0. The minimum atomic E-state index is -4.20. The van der Waals surface area contributed by atoms with Gasteiger partial charge in [-0.2, -0.15) is 4.72 Å². The molecule has 0 aliphatic carbocycles. The van der Waals surface area contributed by atoms with E-state index in [1.165, 1.54) is 6.92 Å². The van der Waals surface area contributed by atoms with E-state index in [-0.39, 0.29) is 12.3 Å². The SMILES string of the molecule is CCOC(=O)C(C)NS(=O)(=O)c1cc(N)c(C)cc1F. The predicted octanol–water partition coefficient (Wildman–Crippen LogP) is 0.946. The first-order valence-corrected chi connectivity index (χ1v) is 7.42. The van der Waals surface area contributed by atoms with Crippen LogP contribution in [0, 0.1) is 12.7 Å². The van der Waals surface area contributed by atoms with Crippen LogP contribution in [-0.2, 0) is 19.6 Å². The highest BCUT2D eigenvalue weighted by molar-refractivity contribution is 7.89. The fourth-order valence-corrected chi connectivity index (χ4v) is 2.77. The third kappa shape index (κ3) is 3.67. The highest BCUT2D eigenvalue weighted by Gasteiger charge is 2.26. The zero-order valence-electron chi connectivity index (χ0n) is 11.4. The average Bonchev–Trinajstić information content (AvgIpc) is 2.33. The number of sulfonamides is 1. The highest BCUT2D eigenvalue weighted by Crippen LogP contribution is 2.21. The van der Waals surface area contributed by atoms with Crippen molar-refractivity contribution in [1.82, 2.24) is 4.72 Å². The summed E-state index contributed by atoms with van der Waals surface area (Å²) in [7, 11) is -4.20. The highest BCUT2D eigenvalue weighted by atomic mass is 32.2. The van der Waals surface area contributed by atoms with Crippen LogP contribution in [0.15, 0.2) is 17.0 Å². The first-order chi connectivity index (χ1) is 9.19. The van der Waals surface area contributed by atoms with Crippen LogP contribution in [0.5, 0.6) is 0 Å². The van der Waals surface area contributed by atoms with Crippen LogP contribution in [0.25, 0.3) is 0 Å². The molecule has 1 aromatic carbocycles. The Kier molecular flexibility index (Phi) is 5.07. The second-order valence-corrected chi connectivity index (χ2v) is 5.92. The van der Waals surface area contributed by atoms with Crippen LogP contribution in [0.3, 0.4) is 0 Å². The van der Waals surface area contributed by atoms with Crippen molar-refractivity contribution >= 4 is 21.7 Å². The van der Waals surface area contributed by atoms with Gasteiger partial charge in [-0.1, -0.05) is 0 Å². The number of nitrogens with two attached hydrogens (primary N) is 1. The lowest BCUT2D eigenvalue weighted by Crippen LogP contribution is -2.39. The lowest BCUT2D eigenvalue weighted by atomic mass is 10.2. The van der Waals surface area contributed by atoms with Gasteiger partial charge in [0.15, 0.2) is 0 Å². The van der Waals surface area contributed by atoms with E-state index in [4.69, 9.17) is 5.73 Å². The minimum absolute atomic E-state index is 0.122. The maximum absolute atomic E-state index is 13.7. The molecule has 3 N–H and O–H groups in total. The van der Waals surface area contributed by atoms with Gasteiger partial charge in [0.05, 0.1) is 6.61 Å². The Hall–Kier alpha value is -1.67. The Labute approximate surface area is 117 Å². The maximum atomic E-state index is 13.7. The molecule has 0 aliphatic rings. The quantitative estimate of drug-likeness (QED) is 0.623.